The minimum Gasteiger partial charge on any atom is -0.489 e. The summed E-state index contributed by atoms with van der Waals surface area (Å²) in [5.74, 6) is -2.58. The van der Waals surface area contributed by atoms with Crippen LogP contribution in [0.5, 0.6) is 5.75 Å². The Morgan fingerprint density at radius 3 is 2.68 bits per heavy atom. The molecule has 0 saturated heterocycles. The van der Waals surface area contributed by atoms with E-state index in [1.165, 1.54) is 30.1 Å². The van der Waals surface area contributed by atoms with E-state index in [1.54, 1.807) is 0 Å². The molecular formula is C22H16Cl2FN5O4. The molecule has 0 atom stereocenters. The van der Waals surface area contributed by atoms with E-state index < -0.39 is 24.1 Å². The quantitative estimate of drug-likeness (QED) is 0.371. The number of benzene rings is 1. The number of amides is 1. The van der Waals surface area contributed by atoms with E-state index in [2.05, 4.69) is 10.1 Å². The average Bonchev–Trinajstić information content (AvgIpc) is 3.53. The molecule has 2 aromatic heterocycles. The number of hydrogen-bond acceptors (Lipinski definition) is 7. The molecule has 2 heterocycles. The van der Waals surface area contributed by atoms with Crippen LogP contribution in [0.3, 0.4) is 0 Å². The molecule has 174 valence electrons. The summed E-state index contributed by atoms with van der Waals surface area (Å²) < 4.78 is 22.4. The monoisotopic (exact) mass is 503 g/mol. The third-order valence-electron chi connectivity index (χ3n) is 5.23. The molecule has 3 aromatic rings. The summed E-state index contributed by atoms with van der Waals surface area (Å²) >= 11 is 12.3. The predicted octanol–water partition coefficient (Wildman–Crippen LogP) is 3.28. The fourth-order valence-electron chi connectivity index (χ4n) is 3.51. The van der Waals surface area contributed by atoms with Crippen molar-refractivity contribution in [3.8, 4) is 34.3 Å². The Labute approximate surface area is 202 Å². The number of nitriles is 1. The highest BCUT2D eigenvalue weighted by molar-refractivity contribution is 6.34. The van der Waals surface area contributed by atoms with Crippen LogP contribution in [-0.2, 0) is 7.05 Å². The molecule has 0 radical (unpaired) electrons. The standard InChI is InChI=1S/C22H16Cl2FN5O4/c1-30-20(17-11(6-26)16(34-9-2-3-9)5-13(23)19(17)25)12(7-28-30)14-4-10(15(32)8-31)18(22(27)33)21(24)29-14/h4-5,7,9,31H,2-3,8H2,1H3,(H2,27,33). The summed E-state index contributed by atoms with van der Waals surface area (Å²) in [4.78, 5) is 28.3. The van der Waals surface area contributed by atoms with E-state index in [-0.39, 0.29) is 61.2 Å². The number of carbonyl (C=O) groups is 2. The van der Waals surface area contributed by atoms with E-state index in [9.17, 15) is 20.0 Å². The number of ketones is 1. The van der Waals surface area contributed by atoms with Crippen molar-refractivity contribution < 1.29 is 23.8 Å². The van der Waals surface area contributed by atoms with Gasteiger partial charge >= 0.3 is 0 Å². The highest BCUT2D eigenvalue weighted by Gasteiger charge is 2.30. The molecule has 3 N–H and O–H groups in total. The lowest BCUT2D eigenvalue weighted by molar-refractivity contribution is 0.0893. The third-order valence-corrected chi connectivity index (χ3v) is 5.78. The first-order valence-electron chi connectivity index (χ1n) is 9.93. The lowest BCUT2D eigenvalue weighted by Crippen LogP contribution is -2.19. The Kier molecular flexibility index (Phi) is 6.27. The molecule has 0 unspecified atom stereocenters. The van der Waals surface area contributed by atoms with Gasteiger partial charge in [-0.1, -0.05) is 23.2 Å². The van der Waals surface area contributed by atoms with E-state index in [1.807, 2.05) is 6.07 Å². The second kappa shape index (κ2) is 9.02. The second-order valence-electron chi connectivity index (χ2n) is 7.55. The van der Waals surface area contributed by atoms with Gasteiger partial charge in [0.1, 0.15) is 29.1 Å². The number of hydrogen-bond donors (Lipinski definition) is 2. The third kappa shape index (κ3) is 4.09. The Morgan fingerprint density at radius 2 is 2.09 bits per heavy atom. The molecule has 1 aromatic carbocycles. The van der Waals surface area contributed by atoms with Gasteiger partial charge in [-0.2, -0.15) is 10.4 Å². The van der Waals surface area contributed by atoms with Crippen LogP contribution in [0.25, 0.3) is 22.5 Å². The molecule has 1 saturated carbocycles. The maximum absolute atomic E-state index is 15.4. The molecule has 1 aliphatic carbocycles. The van der Waals surface area contributed by atoms with Gasteiger partial charge in [-0.15, -0.1) is 0 Å². The average molecular weight is 504 g/mol. The Hall–Kier alpha value is -3.52. The van der Waals surface area contributed by atoms with Crippen molar-refractivity contribution >= 4 is 34.9 Å². The number of nitrogens with two attached hydrogens (primary N) is 1. The Bertz CT molecular complexity index is 1400. The first-order chi connectivity index (χ1) is 16.2. The number of Topliss-reactive ketones (excluding diaryl/α,β-unsaturated/α-hetero) is 1. The van der Waals surface area contributed by atoms with Crippen LogP contribution in [-0.4, -0.2) is 44.3 Å². The van der Waals surface area contributed by atoms with Crippen LogP contribution in [0.1, 0.15) is 39.1 Å². The summed E-state index contributed by atoms with van der Waals surface area (Å²) in [7, 11) is 1.51. The van der Waals surface area contributed by atoms with Crippen LogP contribution in [0.4, 0.5) is 4.39 Å². The molecule has 9 nitrogen and oxygen atoms in total. The number of aliphatic hydroxyl groups is 1. The summed E-state index contributed by atoms with van der Waals surface area (Å²) in [5.41, 5.74) is 4.76. The zero-order valence-corrected chi connectivity index (χ0v) is 19.1. The minimum atomic E-state index is -1.01. The zero-order valence-electron chi connectivity index (χ0n) is 17.6. The van der Waals surface area contributed by atoms with Crippen LogP contribution >= 0.6 is 23.2 Å². The minimum absolute atomic E-state index is 0.0304. The maximum atomic E-state index is 15.4. The molecule has 4 rings (SSSR count). The molecule has 12 heteroatoms. The normalized spacial score (nSPS) is 12.9. The summed E-state index contributed by atoms with van der Waals surface area (Å²) in [6.07, 6.45) is 2.86. The molecule has 1 fully saturated rings. The van der Waals surface area contributed by atoms with Gasteiger partial charge in [-0.05, 0) is 18.9 Å². The SMILES string of the molecule is Cn1ncc(-c2cc(C(=O)CO)c(C(N)=O)c(Cl)n2)c1-c1c(F)c(Cl)cc(OC2CC2)c1C#N. The topological polar surface area (TPSA) is 144 Å². The molecule has 0 bridgehead atoms. The summed E-state index contributed by atoms with van der Waals surface area (Å²) in [5, 5.41) is 22.7. The van der Waals surface area contributed by atoms with Gasteiger partial charge in [0.05, 0.1) is 39.8 Å². The number of rotatable bonds is 7. The Morgan fingerprint density at radius 1 is 1.38 bits per heavy atom. The number of aryl methyl sites for hydroxylation is 1. The number of aliphatic hydroxyl groups excluding tert-OH is 1. The van der Waals surface area contributed by atoms with Gasteiger partial charge in [0, 0.05) is 24.2 Å². The molecule has 1 aliphatic rings. The van der Waals surface area contributed by atoms with Gasteiger partial charge in [-0.3, -0.25) is 14.3 Å². The summed E-state index contributed by atoms with van der Waals surface area (Å²) in [6.45, 7) is -0.913. The smallest absolute Gasteiger partial charge is 0.252 e. The number of ether oxygens (including phenoxy) is 1. The van der Waals surface area contributed by atoms with Crippen LogP contribution < -0.4 is 10.5 Å². The zero-order chi connectivity index (χ0) is 24.7. The number of carbonyl (C=O) groups excluding carboxylic acids is 2. The molecule has 0 aliphatic heterocycles. The first-order valence-corrected chi connectivity index (χ1v) is 10.7. The van der Waals surface area contributed by atoms with Crippen LogP contribution in [0.2, 0.25) is 10.2 Å². The number of halogens is 3. The fourth-order valence-corrected chi connectivity index (χ4v) is 3.99. The number of aromatic nitrogens is 3. The maximum Gasteiger partial charge on any atom is 0.252 e. The first kappa shape index (κ1) is 23.6. The van der Waals surface area contributed by atoms with Gasteiger partial charge in [0.2, 0.25) is 0 Å². The van der Waals surface area contributed by atoms with Crippen molar-refractivity contribution in [1.82, 2.24) is 14.8 Å². The van der Waals surface area contributed by atoms with Crippen LogP contribution in [0.15, 0.2) is 18.3 Å². The lowest BCUT2D eigenvalue weighted by atomic mass is 9.97. The van der Waals surface area contributed by atoms with Gasteiger partial charge in [0.25, 0.3) is 5.91 Å². The van der Waals surface area contributed by atoms with Crippen molar-refractivity contribution in [2.75, 3.05) is 6.61 Å². The van der Waals surface area contributed by atoms with Gasteiger partial charge < -0.3 is 15.6 Å². The highest BCUT2D eigenvalue weighted by Crippen LogP contribution is 2.42. The van der Waals surface area contributed by atoms with Crippen molar-refractivity contribution in [2.24, 2.45) is 12.8 Å². The Balaban J connectivity index is 1.99. The fraction of sp³-hybridized carbons (Fsp3) is 0.227. The largest absolute Gasteiger partial charge is 0.489 e. The second-order valence-corrected chi connectivity index (χ2v) is 8.31. The van der Waals surface area contributed by atoms with Crippen LogP contribution in [0, 0.1) is 17.1 Å². The number of nitrogens with zero attached hydrogens (tertiary/aromatic N) is 4. The molecule has 0 spiro atoms. The van der Waals surface area contributed by atoms with E-state index in [0.717, 1.165) is 12.8 Å². The predicted molar refractivity (Wildman–Crippen MR) is 120 cm³/mol. The summed E-state index contributed by atoms with van der Waals surface area (Å²) in [6, 6.07) is 4.42. The lowest BCUT2D eigenvalue weighted by Gasteiger charge is -2.15. The van der Waals surface area contributed by atoms with E-state index in [0.29, 0.717) is 0 Å². The van der Waals surface area contributed by atoms with Crippen molar-refractivity contribution in [2.45, 2.75) is 18.9 Å². The van der Waals surface area contributed by atoms with Crippen molar-refractivity contribution in [3.05, 3.63) is 51.0 Å². The number of pyridine rings is 1. The van der Waals surface area contributed by atoms with Crippen molar-refractivity contribution in [1.29, 1.82) is 5.26 Å². The van der Waals surface area contributed by atoms with Crippen molar-refractivity contribution in [3.63, 3.8) is 0 Å². The molecule has 34 heavy (non-hydrogen) atoms. The van der Waals surface area contributed by atoms with E-state index >= 15 is 4.39 Å². The number of primary amides is 1. The molecule has 1 amide bonds. The van der Waals surface area contributed by atoms with Gasteiger partial charge in [-0.25, -0.2) is 9.37 Å². The molecular weight excluding hydrogens is 488 g/mol. The van der Waals surface area contributed by atoms with Gasteiger partial charge in [0.15, 0.2) is 11.6 Å². The highest BCUT2D eigenvalue weighted by atomic mass is 35.5. The van der Waals surface area contributed by atoms with E-state index in [4.69, 9.17) is 33.7 Å².